The normalized spacial score (nSPS) is 23.8. The Balaban J connectivity index is 1.48. The van der Waals surface area contributed by atoms with Crippen molar-refractivity contribution < 1.29 is 19.1 Å². The van der Waals surface area contributed by atoms with Crippen LogP contribution in [0.2, 0.25) is 5.02 Å². The minimum absolute atomic E-state index is 0.00218. The zero-order valence-corrected chi connectivity index (χ0v) is 21.5. The van der Waals surface area contributed by atoms with Crippen LogP contribution < -0.4 is 15.4 Å². The molecule has 190 valence electrons. The van der Waals surface area contributed by atoms with E-state index in [-0.39, 0.29) is 30.4 Å². The van der Waals surface area contributed by atoms with E-state index in [1.807, 2.05) is 36.1 Å². The second-order valence-corrected chi connectivity index (χ2v) is 10.6. The van der Waals surface area contributed by atoms with Crippen LogP contribution in [0.3, 0.4) is 0 Å². The fourth-order valence-corrected chi connectivity index (χ4v) is 5.85. The highest BCUT2D eigenvalue weighted by atomic mass is 35.5. The van der Waals surface area contributed by atoms with Gasteiger partial charge in [0, 0.05) is 62.7 Å². The monoisotopic (exact) mass is 510 g/mol. The van der Waals surface area contributed by atoms with E-state index < -0.39 is 11.5 Å². The number of ether oxygens (including phenoxy) is 1. The quantitative estimate of drug-likeness (QED) is 0.652. The summed E-state index contributed by atoms with van der Waals surface area (Å²) in [5.74, 6) is 0.413. The van der Waals surface area contributed by atoms with E-state index in [2.05, 4.69) is 10.6 Å². The van der Waals surface area contributed by atoms with Crippen LogP contribution in [0.4, 0.5) is 10.5 Å². The molecule has 2 aromatic rings. The molecule has 3 aliphatic rings. The molecule has 0 unspecified atom stereocenters. The molecule has 3 heterocycles. The van der Waals surface area contributed by atoms with Gasteiger partial charge in [-0.25, -0.2) is 4.79 Å². The lowest BCUT2D eigenvalue weighted by Gasteiger charge is -2.41. The highest BCUT2D eigenvalue weighted by Crippen LogP contribution is 2.52. The number of nitrogens with one attached hydrogen (secondary N) is 2. The Morgan fingerprint density at radius 1 is 1.14 bits per heavy atom. The Bertz CT molecular complexity index is 1220. The molecule has 0 bridgehead atoms. The van der Waals surface area contributed by atoms with Crippen LogP contribution in [-0.4, -0.2) is 60.9 Å². The maximum absolute atomic E-state index is 13.6. The average Bonchev–Trinajstić information content (AvgIpc) is 3.12. The lowest BCUT2D eigenvalue weighted by Crippen LogP contribution is -2.52. The number of rotatable bonds is 3. The highest BCUT2D eigenvalue weighted by Gasteiger charge is 2.56. The first-order valence-corrected chi connectivity index (χ1v) is 12.7. The van der Waals surface area contributed by atoms with Gasteiger partial charge in [0.05, 0.1) is 6.04 Å². The molecular formula is C27H31ClN4O4. The maximum atomic E-state index is 13.6. The molecule has 3 aliphatic heterocycles. The first-order valence-electron chi connectivity index (χ1n) is 12.3. The largest absolute Gasteiger partial charge is 0.490 e. The molecule has 2 atom stereocenters. The Morgan fingerprint density at radius 3 is 2.61 bits per heavy atom. The Kier molecular flexibility index (Phi) is 6.32. The molecule has 0 aliphatic carbocycles. The van der Waals surface area contributed by atoms with Gasteiger partial charge >= 0.3 is 6.03 Å². The third-order valence-electron chi connectivity index (χ3n) is 7.53. The van der Waals surface area contributed by atoms with Crippen LogP contribution in [0, 0.1) is 6.92 Å². The zero-order chi connectivity index (χ0) is 25.6. The van der Waals surface area contributed by atoms with E-state index in [4.69, 9.17) is 16.3 Å². The first kappa shape index (κ1) is 24.4. The third kappa shape index (κ3) is 4.17. The van der Waals surface area contributed by atoms with Crippen molar-refractivity contribution in [3.63, 3.8) is 0 Å². The molecule has 1 spiro atoms. The molecule has 0 radical (unpaired) electrons. The van der Waals surface area contributed by atoms with E-state index in [9.17, 15) is 14.4 Å². The Morgan fingerprint density at radius 2 is 1.89 bits per heavy atom. The molecule has 36 heavy (non-hydrogen) atoms. The van der Waals surface area contributed by atoms with Crippen molar-refractivity contribution in [2.24, 2.45) is 0 Å². The number of aryl methyl sites for hydroxylation is 1. The fraction of sp³-hybridized carbons (Fsp3) is 0.444. The maximum Gasteiger partial charge on any atom is 0.319 e. The van der Waals surface area contributed by atoms with E-state index in [0.717, 1.165) is 16.7 Å². The van der Waals surface area contributed by atoms with Gasteiger partial charge in [-0.15, -0.1) is 0 Å². The van der Waals surface area contributed by atoms with Gasteiger partial charge in [0.15, 0.2) is 0 Å². The number of anilines is 1. The number of benzene rings is 2. The van der Waals surface area contributed by atoms with Crippen LogP contribution in [0.15, 0.2) is 36.4 Å². The van der Waals surface area contributed by atoms with E-state index >= 15 is 0 Å². The van der Waals surface area contributed by atoms with E-state index in [1.165, 1.54) is 0 Å². The van der Waals surface area contributed by atoms with Gasteiger partial charge in [-0.2, -0.15) is 0 Å². The zero-order valence-electron chi connectivity index (χ0n) is 20.8. The van der Waals surface area contributed by atoms with Crippen molar-refractivity contribution in [2.45, 2.75) is 50.2 Å². The molecule has 2 fully saturated rings. The molecule has 2 aromatic carbocycles. The molecule has 4 amide bonds. The van der Waals surface area contributed by atoms with Gasteiger partial charge in [0.25, 0.3) is 0 Å². The predicted molar refractivity (Wildman–Crippen MR) is 137 cm³/mol. The Hall–Kier alpha value is -3.26. The fourth-order valence-electron chi connectivity index (χ4n) is 5.68. The molecule has 2 N–H and O–H groups in total. The first-order chi connectivity index (χ1) is 17.2. The summed E-state index contributed by atoms with van der Waals surface area (Å²) in [6, 6.07) is 10.7. The molecule has 2 saturated heterocycles. The van der Waals surface area contributed by atoms with Gasteiger partial charge in [-0.3, -0.25) is 9.59 Å². The summed E-state index contributed by atoms with van der Waals surface area (Å²) in [6.45, 7) is 3.21. The van der Waals surface area contributed by atoms with Crippen molar-refractivity contribution in [1.29, 1.82) is 0 Å². The lowest BCUT2D eigenvalue weighted by molar-refractivity contribution is -0.130. The number of piperidine rings is 2. The van der Waals surface area contributed by atoms with E-state index in [1.54, 1.807) is 31.1 Å². The second-order valence-electron chi connectivity index (χ2n) is 10.1. The second kappa shape index (κ2) is 9.32. The van der Waals surface area contributed by atoms with Crippen LogP contribution in [-0.2, 0) is 15.0 Å². The van der Waals surface area contributed by atoms with Gasteiger partial charge < -0.3 is 25.2 Å². The van der Waals surface area contributed by atoms with Crippen molar-refractivity contribution in [3.8, 4) is 5.75 Å². The lowest BCUT2D eigenvalue weighted by atomic mass is 9.67. The number of carbonyl (C=O) groups excluding carboxylic acids is 3. The number of halogens is 1. The Labute approximate surface area is 215 Å². The summed E-state index contributed by atoms with van der Waals surface area (Å²) in [4.78, 5) is 41.9. The van der Waals surface area contributed by atoms with Crippen LogP contribution in [0.5, 0.6) is 5.75 Å². The van der Waals surface area contributed by atoms with Gasteiger partial charge in [-0.1, -0.05) is 35.4 Å². The number of carbonyl (C=O) groups is 3. The number of hydrogen-bond acceptors (Lipinski definition) is 4. The minimum Gasteiger partial charge on any atom is -0.490 e. The van der Waals surface area contributed by atoms with E-state index in [0.29, 0.717) is 48.8 Å². The minimum atomic E-state index is -0.957. The number of fused-ring (bicyclic) bond motifs is 2. The van der Waals surface area contributed by atoms with Crippen LogP contribution in [0.25, 0.3) is 0 Å². The molecule has 8 nitrogen and oxygen atoms in total. The van der Waals surface area contributed by atoms with Crippen LogP contribution >= 0.6 is 11.6 Å². The average molecular weight is 511 g/mol. The molecule has 5 rings (SSSR count). The van der Waals surface area contributed by atoms with Crippen LogP contribution in [0.1, 0.15) is 48.4 Å². The predicted octanol–water partition coefficient (Wildman–Crippen LogP) is 4.01. The molecule has 0 aromatic heterocycles. The van der Waals surface area contributed by atoms with Gasteiger partial charge in [0.1, 0.15) is 17.3 Å². The molecule has 9 heteroatoms. The highest BCUT2D eigenvalue weighted by molar-refractivity contribution is 6.31. The van der Waals surface area contributed by atoms with Crippen molar-refractivity contribution in [1.82, 2.24) is 15.1 Å². The standard InChI is InChI=1S/C27H31ClN4O4/c1-16-4-7-22(36-18-9-12-32(13-10-18)26(35)31(2)3)19(14-16)24-27(11-8-23(33)30-24)20-6-5-17(28)15-21(20)29-25(27)34/h4-7,14-15,18,24H,8-13H2,1-3H3,(H,29,34)(H,30,33)/t24-,27-/m1/s1. The summed E-state index contributed by atoms with van der Waals surface area (Å²) in [6.07, 6.45) is 1.99. The number of urea groups is 1. The van der Waals surface area contributed by atoms with Crippen molar-refractivity contribution in [2.75, 3.05) is 32.5 Å². The van der Waals surface area contributed by atoms with Crippen molar-refractivity contribution in [3.05, 3.63) is 58.1 Å². The van der Waals surface area contributed by atoms with Gasteiger partial charge in [0.2, 0.25) is 11.8 Å². The van der Waals surface area contributed by atoms with Gasteiger partial charge in [-0.05, 0) is 37.1 Å². The molecular weight excluding hydrogens is 480 g/mol. The van der Waals surface area contributed by atoms with Crippen molar-refractivity contribution >= 4 is 35.1 Å². The summed E-state index contributed by atoms with van der Waals surface area (Å²) >= 11 is 6.21. The SMILES string of the molecule is Cc1ccc(OC2CCN(C(=O)N(C)C)CC2)c([C@H]2NC(=O)CC[C@]23C(=O)Nc2cc(Cl)ccc23)c1. The number of nitrogens with zero attached hydrogens (tertiary/aromatic N) is 2. The summed E-state index contributed by atoms with van der Waals surface area (Å²) in [5.41, 5.74) is 2.36. The molecule has 0 saturated carbocycles. The summed E-state index contributed by atoms with van der Waals surface area (Å²) in [5, 5.41) is 6.66. The summed E-state index contributed by atoms with van der Waals surface area (Å²) in [7, 11) is 3.51. The smallest absolute Gasteiger partial charge is 0.319 e. The number of likely N-dealkylation sites (tertiary alicyclic amines) is 1. The number of hydrogen-bond donors (Lipinski definition) is 2. The third-order valence-corrected chi connectivity index (χ3v) is 7.76. The summed E-state index contributed by atoms with van der Waals surface area (Å²) < 4.78 is 6.51. The number of amides is 4. The topological polar surface area (TPSA) is 91.0 Å².